The summed E-state index contributed by atoms with van der Waals surface area (Å²) in [5.74, 6) is 1.29. The van der Waals surface area contributed by atoms with E-state index in [2.05, 4.69) is 11.4 Å². The fraction of sp³-hybridized carbons (Fsp3) is 0.533. The number of carbonyl (C=O) groups is 1. The normalized spacial score (nSPS) is 17.1. The smallest absolute Gasteiger partial charge is 0.219 e. The molecule has 0 bridgehead atoms. The molecule has 1 aliphatic carbocycles. The van der Waals surface area contributed by atoms with Gasteiger partial charge in [-0.15, -0.1) is 0 Å². The van der Waals surface area contributed by atoms with Crippen LogP contribution in [-0.4, -0.2) is 19.6 Å². The van der Waals surface area contributed by atoms with Gasteiger partial charge in [0.15, 0.2) is 0 Å². The second-order valence-electron chi connectivity index (χ2n) is 4.98. The van der Waals surface area contributed by atoms with E-state index in [0.29, 0.717) is 18.9 Å². The fourth-order valence-electron chi connectivity index (χ4n) is 2.81. The minimum absolute atomic E-state index is 0.108. The zero-order valence-corrected chi connectivity index (χ0v) is 11.7. The van der Waals surface area contributed by atoms with Gasteiger partial charge in [-0.25, -0.2) is 0 Å². The predicted molar refractivity (Wildman–Crippen MR) is 76.4 cm³/mol. The van der Waals surface area contributed by atoms with E-state index in [9.17, 15) is 4.79 Å². The Morgan fingerprint density at radius 3 is 3.00 bits per heavy atom. The van der Waals surface area contributed by atoms with E-state index >= 15 is 0 Å². The summed E-state index contributed by atoms with van der Waals surface area (Å²) in [7, 11) is 1.64. The molecule has 1 aliphatic rings. The highest BCUT2D eigenvalue weighted by molar-refractivity contribution is 5.75. The van der Waals surface area contributed by atoms with Crippen LogP contribution in [0.2, 0.25) is 0 Å². The molecule has 0 radical (unpaired) electrons. The molecule has 4 nitrogen and oxygen atoms in total. The number of nitrogens with one attached hydrogen (secondary N) is 1. The number of amides is 1. The Kier molecular flexibility index (Phi) is 4.30. The summed E-state index contributed by atoms with van der Waals surface area (Å²) in [5, 5.41) is 2.93. The Labute approximate surface area is 114 Å². The van der Waals surface area contributed by atoms with Crippen LogP contribution in [0.5, 0.6) is 5.75 Å². The van der Waals surface area contributed by atoms with Gasteiger partial charge in [-0.05, 0) is 42.4 Å². The first kappa shape index (κ1) is 13.7. The van der Waals surface area contributed by atoms with Gasteiger partial charge in [0.1, 0.15) is 5.75 Å². The zero-order valence-electron chi connectivity index (χ0n) is 11.7. The second kappa shape index (κ2) is 5.95. The number of nitrogens with two attached hydrogens (primary N) is 1. The number of ether oxygens (including phenoxy) is 1. The van der Waals surface area contributed by atoms with Crippen LogP contribution in [0.15, 0.2) is 12.1 Å². The summed E-state index contributed by atoms with van der Waals surface area (Å²) >= 11 is 0. The van der Waals surface area contributed by atoms with Crippen molar-refractivity contribution < 1.29 is 9.53 Å². The van der Waals surface area contributed by atoms with E-state index in [4.69, 9.17) is 10.5 Å². The summed E-state index contributed by atoms with van der Waals surface area (Å²) in [4.78, 5) is 11.2. The lowest BCUT2D eigenvalue weighted by Gasteiger charge is -2.16. The molecule has 1 unspecified atom stereocenters. The number of anilines is 1. The molecule has 2 rings (SSSR count). The molecule has 0 heterocycles. The van der Waals surface area contributed by atoms with Gasteiger partial charge >= 0.3 is 0 Å². The highest BCUT2D eigenvalue weighted by atomic mass is 16.5. The number of hydrogen-bond donors (Lipinski definition) is 2. The molecule has 1 aromatic carbocycles. The highest BCUT2D eigenvalue weighted by Crippen LogP contribution is 2.42. The molecule has 4 heteroatoms. The van der Waals surface area contributed by atoms with Crippen molar-refractivity contribution in [2.75, 3.05) is 19.4 Å². The van der Waals surface area contributed by atoms with E-state index in [0.717, 1.165) is 30.7 Å². The third-order valence-corrected chi connectivity index (χ3v) is 3.86. The molecule has 3 N–H and O–H groups in total. The third kappa shape index (κ3) is 2.83. The van der Waals surface area contributed by atoms with Gasteiger partial charge in [-0.2, -0.15) is 0 Å². The number of nitrogen functional groups attached to an aromatic ring is 1. The minimum Gasteiger partial charge on any atom is -0.495 e. The Morgan fingerprint density at radius 1 is 1.53 bits per heavy atom. The predicted octanol–water partition coefficient (Wildman–Crippen LogP) is 2.22. The van der Waals surface area contributed by atoms with Gasteiger partial charge in [0.05, 0.1) is 12.8 Å². The summed E-state index contributed by atoms with van der Waals surface area (Å²) < 4.78 is 5.28. The number of aryl methyl sites for hydroxylation is 1. The Morgan fingerprint density at radius 2 is 2.32 bits per heavy atom. The number of fused-ring (bicyclic) bond motifs is 1. The molecule has 0 saturated carbocycles. The molecule has 1 aromatic rings. The van der Waals surface area contributed by atoms with Crippen LogP contribution >= 0.6 is 0 Å². The maximum absolute atomic E-state index is 11.2. The molecule has 19 heavy (non-hydrogen) atoms. The van der Waals surface area contributed by atoms with Crippen molar-refractivity contribution in [1.82, 2.24) is 5.32 Å². The molecule has 0 aliphatic heterocycles. The van der Waals surface area contributed by atoms with Crippen LogP contribution < -0.4 is 15.8 Å². The molecular formula is C15H22N2O2. The summed E-state index contributed by atoms with van der Waals surface area (Å²) in [6.45, 7) is 2.58. The summed E-state index contributed by atoms with van der Waals surface area (Å²) in [6, 6.07) is 4.05. The van der Waals surface area contributed by atoms with Crippen molar-refractivity contribution in [3.05, 3.63) is 23.3 Å². The third-order valence-electron chi connectivity index (χ3n) is 3.86. The topological polar surface area (TPSA) is 64.3 Å². The van der Waals surface area contributed by atoms with Gasteiger partial charge in [0.2, 0.25) is 5.91 Å². The van der Waals surface area contributed by atoms with Crippen LogP contribution in [0.4, 0.5) is 5.69 Å². The molecule has 1 atom stereocenters. The first-order chi connectivity index (χ1) is 9.17. The number of rotatable bonds is 5. The lowest BCUT2D eigenvalue weighted by molar-refractivity contribution is -0.120. The Hall–Kier alpha value is -1.71. The van der Waals surface area contributed by atoms with Crippen LogP contribution in [0.1, 0.15) is 43.2 Å². The molecular weight excluding hydrogens is 240 g/mol. The van der Waals surface area contributed by atoms with E-state index in [1.54, 1.807) is 7.11 Å². The van der Waals surface area contributed by atoms with E-state index in [1.807, 2.05) is 13.0 Å². The van der Waals surface area contributed by atoms with Gasteiger partial charge in [-0.3, -0.25) is 4.79 Å². The van der Waals surface area contributed by atoms with Crippen molar-refractivity contribution in [2.24, 2.45) is 0 Å². The lowest BCUT2D eigenvalue weighted by atomic mass is 9.96. The van der Waals surface area contributed by atoms with Crippen LogP contribution in [-0.2, 0) is 11.2 Å². The van der Waals surface area contributed by atoms with Crippen LogP contribution in [0.25, 0.3) is 0 Å². The molecule has 104 valence electrons. The quantitative estimate of drug-likeness (QED) is 0.800. The second-order valence-corrected chi connectivity index (χ2v) is 4.98. The Bertz CT molecular complexity index is 471. The van der Waals surface area contributed by atoms with Gasteiger partial charge in [-0.1, -0.05) is 13.0 Å². The molecule has 0 fully saturated rings. The Balaban J connectivity index is 2.06. The highest BCUT2D eigenvalue weighted by Gasteiger charge is 2.26. The van der Waals surface area contributed by atoms with Gasteiger partial charge in [0.25, 0.3) is 0 Å². The van der Waals surface area contributed by atoms with E-state index in [-0.39, 0.29) is 5.91 Å². The summed E-state index contributed by atoms with van der Waals surface area (Å²) in [6.07, 6.45) is 3.65. The van der Waals surface area contributed by atoms with Crippen LogP contribution in [0, 0.1) is 0 Å². The van der Waals surface area contributed by atoms with Crippen molar-refractivity contribution in [3.8, 4) is 5.75 Å². The van der Waals surface area contributed by atoms with Gasteiger partial charge < -0.3 is 15.8 Å². The maximum Gasteiger partial charge on any atom is 0.219 e. The lowest BCUT2D eigenvalue weighted by Crippen LogP contribution is -2.24. The number of carbonyl (C=O) groups excluding carboxylic acids is 1. The van der Waals surface area contributed by atoms with E-state index < -0.39 is 0 Å². The summed E-state index contributed by atoms with van der Waals surface area (Å²) in [5.41, 5.74) is 9.50. The maximum atomic E-state index is 11.2. The zero-order chi connectivity index (χ0) is 13.8. The number of hydrogen-bond acceptors (Lipinski definition) is 3. The van der Waals surface area contributed by atoms with Crippen LogP contribution in [0.3, 0.4) is 0 Å². The molecule has 0 saturated heterocycles. The van der Waals surface area contributed by atoms with Crippen molar-refractivity contribution in [3.63, 3.8) is 0 Å². The molecule has 1 amide bonds. The fourth-order valence-corrected chi connectivity index (χ4v) is 2.81. The standard InChI is InChI=1S/C15H22N2O2/c1-3-13(18)17-9-8-11-5-4-10-6-7-12(19-2)15(16)14(10)11/h6-7,11H,3-5,8-9,16H2,1-2H3,(H,17,18). The van der Waals surface area contributed by atoms with Crippen molar-refractivity contribution >= 4 is 11.6 Å². The molecule has 0 aromatic heterocycles. The average Bonchev–Trinajstić information content (AvgIpc) is 2.83. The minimum atomic E-state index is 0.108. The van der Waals surface area contributed by atoms with E-state index in [1.165, 1.54) is 11.1 Å². The number of methoxy groups -OCH3 is 1. The van der Waals surface area contributed by atoms with Crippen molar-refractivity contribution in [1.29, 1.82) is 0 Å². The first-order valence-corrected chi connectivity index (χ1v) is 6.89. The molecule has 0 spiro atoms. The van der Waals surface area contributed by atoms with Crippen molar-refractivity contribution in [2.45, 2.75) is 38.5 Å². The number of benzene rings is 1. The average molecular weight is 262 g/mol. The largest absolute Gasteiger partial charge is 0.495 e. The van der Waals surface area contributed by atoms with Gasteiger partial charge in [0, 0.05) is 13.0 Å². The monoisotopic (exact) mass is 262 g/mol. The first-order valence-electron chi connectivity index (χ1n) is 6.89. The SMILES string of the molecule is CCC(=O)NCCC1CCc2ccc(OC)c(N)c21.